The molecule has 0 atom stereocenters. The molecule has 0 aliphatic carbocycles. The number of aliphatic imine (C=N–C) groups is 1. The highest BCUT2D eigenvalue weighted by molar-refractivity contribution is 6.76. The quantitative estimate of drug-likeness (QED) is 0.146. The van der Waals surface area contributed by atoms with Gasteiger partial charge in [0, 0.05) is 20.7 Å². The van der Waals surface area contributed by atoms with Crippen LogP contribution in [0.2, 0.25) is 25.7 Å². The molecule has 30 heavy (non-hydrogen) atoms. The summed E-state index contributed by atoms with van der Waals surface area (Å²) < 4.78 is 5.66. The van der Waals surface area contributed by atoms with Crippen LogP contribution in [0.4, 0.5) is 11.4 Å². The van der Waals surface area contributed by atoms with Crippen LogP contribution in [-0.2, 0) is 11.2 Å². The van der Waals surface area contributed by atoms with Gasteiger partial charge in [0.15, 0.2) is 0 Å². The third-order valence-electron chi connectivity index (χ3n) is 4.52. The number of nitrogen functional groups attached to an aromatic ring is 1. The number of nitro groups is 1. The molecule has 4 N–H and O–H groups in total. The van der Waals surface area contributed by atoms with E-state index in [0.29, 0.717) is 13.2 Å². The molecular weight excluding hydrogens is 396 g/mol. The maximum Gasteiger partial charge on any atom is 0.292 e. The molecule has 8 heteroatoms. The van der Waals surface area contributed by atoms with Gasteiger partial charge in [0.1, 0.15) is 12.4 Å². The second kappa shape index (κ2) is 10.7. The molecule has 0 spiro atoms. The fraction of sp³-hybridized carbons (Fsp3) is 0.318. The van der Waals surface area contributed by atoms with E-state index in [9.17, 15) is 10.1 Å². The van der Waals surface area contributed by atoms with Gasteiger partial charge in [-0.1, -0.05) is 50.0 Å². The average Bonchev–Trinajstić information content (AvgIpc) is 2.66. The van der Waals surface area contributed by atoms with Crippen LogP contribution in [0, 0.1) is 10.1 Å². The first kappa shape index (κ1) is 23.3. The Morgan fingerprint density at radius 1 is 1.17 bits per heavy atom. The summed E-state index contributed by atoms with van der Waals surface area (Å²) in [5.41, 5.74) is 15.1. The summed E-state index contributed by atoms with van der Waals surface area (Å²) >= 11 is 0. The predicted octanol–water partition coefficient (Wildman–Crippen LogP) is 4.34. The molecule has 0 saturated carbocycles. The van der Waals surface area contributed by atoms with Crippen molar-refractivity contribution in [1.82, 2.24) is 0 Å². The van der Waals surface area contributed by atoms with Crippen molar-refractivity contribution in [1.29, 1.82) is 0 Å². The van der Waals surface area contributed by atoms with Crippen molar-refractivity contribution in [2.75, 3.05) is 19.1 Å². The molecule has 0 saturated heterocycles. The molecule has 2 aromatic rings. The zero-order valence-corrected chi connectivity index (χ0v) is 18.8. The van der Waals surface area contributed by atoms with Crippen LogP contribution in [0.25, 0.3) is 0 Å². The summed E-state index contributed by atoms with van der Waals surface area (Å²) in [6.07, 6.45) is 3.85. The van der Waals surface area contributed by atoms with E-state index in [4.69, 9.17) is 16.2 Å². The van der Waals surface area contributed by atoms with Gasteiger partial charge in [-0.3, -0.25) is 15.1 Å². The van der Waals surface area contributed by atoms with E-state index in [1.165, 1.54) is 12.3 Å². The van der Waals surface area contributed by atoms with Crippen LogP contribution in [0.3, 0.4) is 0 Å². The molecule has 0 heterocycles. The number of rotatable bonds is 10. The first-order valence-corrected chi connectivity index (χ1v) is 13.5. The summed E-state index contributed by atoms with van der Waals surface area (Å²) in [4.78, 5) is 14.9. The van der Waals surface area contributed by atoms with Gasteiger partial charge in [-0.05, 0) is 47.5 Å². The molecule has 0 amide bonds. The number of anilines is 1. The van der Waals surface area contributed by atoms with Gasteiger partial charge in [0.05, 0.1) is 10.6 Å². The molecule has 0 radical (unpaired) electrons. The molecule has 2 aromatic carbocycles. The maximum absolute atomic E-state index is 10.9. The van der Waals surface area contributed by atoms with Gasteiger partial charge in [0.2, 0.25) is 0 Å². The van der Waals surface area contributed by atoms with E-state index < -0.39 is 13.0 Å². The highest BCUT2D eigenvalue weighted by atomic mass is 28.3. The summed E-state index contributed by atoms with van der Waals surface area (Å²) in [5.74, 6) is 0. The number of benzene rings is 2. The zero-order chi connectivity index (χ0) is 22.1. The number of hydrogen-bond donors (Lipinski definition) is 2. The first-order valence-electron chi connectivity index (χ1n) is 9.82. The number of allylic oxidation sites excluding steroid dienone is 1. The van der Waals surface area contributed by atoms with Crippen molar-refractivity contribution in [3.63, 3.8) is 0 Å². The number of hydrogen-bond acceptors (Lipinski definition) is 6. The molecule has 160 valence electrons. The molecule has 0 unspecified atom stereocenters. The van der Waals surface area contributed by atoms with Crippen LogP contribution >= 0.6 is 0 Å². The summed E-state index contributed by atoms with van der Waals surface area (Å²) in [5, 5.41) is 10.9. The van der Waals surface area contributed by atoms with Gasteiger partial charge in [0.25, 0.3) is 5.69 Å². The lowest BCUT2D eigenvalue weighted by molar-refractivity contribution is -0.383. The topological polar surface area (TPSA) is 117 Å². The van der Waals surface area contributed by atoms with Gasteiger partial charge in [-0.15, -0.1) is 0 Å². The van der Waals surface area contributed by atoms with Crippen LogP contribution in [0.15, 0.2) is 59.7 Å². The lowest BCUT2D eigenvalue weighted by atomic mass is 10.0. The second-order valence-corrected chi connectivity index (χ2v) is 13.9. The summed E-state index contributed by atoms with van der Waals surface area (Å²) in [6, 6.07) is 13.9. The minimum absolute atomic E-state index is 0.0735. The second-order valence-electron chi connectivity index (χ2n) is 8.27. The van der Waals surface area contributed by atoms with E-state index in [1.54, 1.807) is 18.2 Å². The predicted molar refractivity (Wildman–Crippen MR) is 126 cm³/mol. The Bertz CT molecular complexity index is 919. The zero-order valence-electron chi connectivity index (χ0n) is 17.8. The monoisotopic (exact) mass is 426 g/mol. The number of nitrogens with two attached hydrogens (primary N) is 2. The Labute approximate surface area is 178 Å². The SMILES string of the molecule is C[Si](C)(C)CCOCN=C(C=CN)c1ccc(Cc2ccc([N+](=O)[O-])c(N)c2)cc1. The molecule has 0 aromatic heterocycles. The van der Waals surface area contributed by atoms with E-state index in [2.05, 4.69) is 24.6 Å². The molecular formula is C22H30N4O3Si. The Kier molecular flexibility index (Phi) is 8.32. The molecule has 0 bridgehead atoms. The highest BCUT2D eigenvalue weighted by Gasteiger charge is 2.12. The van der Waals surface area contributed by atoms with Crippen molar-refractivity contribution in [3.05, 3.63) is 81.5 Å². The van der Waals surface area contributed by atoms with Crippen molar-refractivity contribution in [2.24, 2.45) is 10.7 Å². The van der Waals surface area contributed by atoms with Gasteiger partial charge in [-0.25, -0.2) is 0 Å². The number of ether oxygens (including phenoxy) is 1. The Morgan fingerprint density at radius 3 is 2.40 bits per heavy atom. The fourth-order valence-corrected chi connectivity index (χ4v) is 3.56. The Morgan fingerprint density at radius 2 is 1.83 bits per heavy atom. The number of nitrogens with zero attached hydrogens (tertiary/aromatic N) is 2. The van der Waals surface area contributed by atoms with E-state index in [-0.39, 0.29) is 11.4 Å². The smallest absolute Gasteiger partial charge is 0.292 e. The van der Waals surface area contributed by atoms with E-state index in [1.807, 2.05) is 24.3 Å². The van der Waals surface area contributed by atoms with Crippen molar-refractivity contribution in [2.45, 2.75) is 32.1 Å². The number of nitro benzene ring substituents is 1. The van der Waals surface area contributed by atoms with Crippen molar-refractivity contribution in [3.8, 4) is 0 Å². The Balaban J connectivity index is 2.03. The lowest BCUT2D eigenvalue weighted by Gasteiger charge is -2.14. The third kappa shape index (κ3) is 7.45. The largest absolute Gasteiger partial charge is 0.405 e. The molecule has 0 aliphatic heterocycles. The maximum atomic E-state index is 10.9. The van der Waals surface area contributed by atoms with Crippen molar-refractivity contribution < 1.29 is 9.66 Å². The van der Waals surface area contributed by atoms with Crippen LogP contribution in [0.5, 0.6) is 0 Å². The standard InChI is InChI=1S/C22H30N4O3Si/c1-30(2,3)13-12-29-16-25-21(10-11-23)19-7-4-17(5-8-19)14-18-6-9-22(26(27)28)20(24)15-18/h4-11,15H,12-14,16,23-24H2,1-3H3. The summed E-state index contributed by atoms with van der Waals surface area (Å²) in [6.45, 7) is 7.96. The molecule has 0 fully saturated rings. The van der Waals surface area contributed by atoms with Gasteiger partial charge < -0.3 is 16.2 Å². The molecule has 7 nitrogen and oxygen atoms in total. The van der Waals surface area contributed by atoms with Crippen LogP contribution < -0.4 is 11.5 Å². The molecule has 2 rings (SSSR count). The van der Waals surface area contributed by atoms with Crippen LogP contribution in [0.1, 0.15) is 16.7 Å². The Hall–Kier alpha value is -2.97. The summed E-state index contributed by atoms with van der Waals surface area (Å²) in [7, 11) is -1.11. The third-order valence-corrected chi connectivity index (χ3v) is 6.23. The normalized spacial score (nSPS) is 12.4. The van der Waals surface area contributed by atoms with E-state index in [0.717, 1.165) is 35.1 Å². The average molecular weight is 427 g/mol. The molecule has 0 aliphatic rings. The highest BCUT2D eigenvalue weighted by Crippen LogP contribution is 2.23. The first-order chi connectivity index (χ1) is 14.2. The minimum atomic E-state index is -1.11. The lowest BCUT2D eigenvalue weighted by Crippen LogP contribution is -2.21. The van der Waals surface area contributed by atoms with Gasteiger partial charge in [-0.2, -0.15) is 0 Å². The van der Waals surface area contributed by atoms with E-state index >= 15 is 0 Å². The van der Waals surface area contributed by atoms with Gasteiger partial charge >= 0.3 is 0 Å². The minimum Gasteiger partial charge on any atom is -0.405 e. The van der Waals surface area contributed by atoms with Crippen molar-refractivity contribution >= 4 is 25.2 Å². The van der Waals surface area contributed by atoms with Crippen LogP contribution in [-0.4, -0.2) is 32.0 Å². The fourth-order valence-electron chi connectivity index (χ4n) is 2.80.